The number of benzene rings is 1. The predicted octanol–water partition coefficient (Wildman–Crippen LogP) is 2.40. The highest BCUT2D eigenvalue weighted by molar-refractivity contribution is 7.99. The van der Waals surface area contributed by atoms with E-state index in [9.17, 15) is 4.79 Å². The number of carbonyl (C=O) groups excluding carboxylic acids is 1. The van der Waals surface area contributed by atoms with E-state index < -0.39 is 0 Å². The van der Waals surface area contributed by atoms with Crippen LogP contribution in [0.1, 0.15) is 6.92 Å². The van der Waals surface area contributed by atoms with Crippen molar-refractivity contribution in [1.29, 1.82) is 0 Å². The molecule has 0 saturated carbocycles. The molecule has 3 nitrogen and oxygen atoms in total. The van der Waals surface area contributed by atoms with Crippen molar-refractivity contribution < 1.29 is 4.79 Å². The number of anilines is 1. The molecule has 1 heterocycles. The van der Waals surface area contributed by atoms with Gasteiger partial charge in [-0.1, -0.05) is 19.1 Å². The Morgan fingerprint density at radius 1 is 1.59 bits per heavy atom. The third kappa shape index (κ3) is 3.40. The van der Waals surface area contributed by atoms with E-state index in [1.807, 2.05) is 24.3 Å². The van der Waals surface area contributed by atoms with Crippen LogP contribution < -0.4 is 10.6 Å². The maximum Gasteiger partial charge on any atom is 0.242 e. The van der Waals surface area contributed by atoms with Crippen LogP contribution in [0.25, 0.3) is 0 Å². The molecular formula is C12H16N2OS2. The van der Waals surface area contributed by atoms with Crippen LogP contribution in [0.3, 0.4) is 0 Å². The number of carbonyl (C=O) groups is 1. The fourth-order valence-electron chi connectivity index (χ4n) is 1.63. The largest absolute Gasteiger partial charge is 0.324 e. The van der Waals surface area contributed by atoms with Gasteiger partial charge in [-0.3, -0.25) is 10.1 Å². The van der Waals surface area contributed by atoms with E-state index in [1.54, 1.807) is 23.5 Å². The van der Waals surface area contributed by atoms with Gasteiger partial charge >= 0.3 is 0 Å². The van der Waals surface area contributed by atoms with Crippen molar-refractivity contribution in [3.8, 4) is 0 Å². The molecule has 1 aromatic carbocycles. The Kier molecular flexibility index (Phi) is 4.76. The fourth-order valence-corrected chi connectivity index (χ4v) is 3.34. The Hall–Kier alpha value is -0.650. The Labute approximate surface area is 110 Å². The van der Waals surface area contributed by atoms with Crippen LogP contribution >= 0.6 is 23.5 Å². The van der Waals surface area contributed by atoms with E-state index in [0.717, 1.165) is 28.0 Å². The van der Waals surface area contributed by atoms with Gasteiger partial charge in [-0.25, -0.2) is 0 Å². The minimum Gasteiger partial charge on any atom is -0.324 e. The molecule has 1 fully saturated rings. The number of amides is 1. The lowest BCUT2D eigenvalue weighted by molar-refractivity contribution is -0.117. The van der Waals surface area contributed by atoms with E-state index in [0.29, 0.717) is 0 Å². The topological polar surface area (TPSA) is 41.1 Å². The molecule has 5 heteroatoms. The lowest BCUT2D eigenvalue weighted by Crippen LogP contribution is -2.37. The minimum absolute atomic E-state index is 0.0558. The first-order valence-electron chi connectivity index (χ1n) is 5.65. The quantitative estimate of drug-likeness (QED) is 0.823. The monoisotopic (exact) mass is 268 g/mol. The smallest absolute Gasteiger partial charge is 0.242 e. The first-order valence-corrected chi connectivity index (χ1v) is 7.79. The molecular weight excluding hydrogens is 252 g/mol. The van der Waals surface area contributed by atoms with Crippen LogP contribution in [0.15, 0.2) is 29.2 Å². The molecule has 1 amide bonds. The predicted molar refractivity (Wildman–Crippen MR) is 75.7 cm³/mol. The Bertz CT molecular complexity index is 392. The zero-order valence-electron chi connectivity index (χ0n) is 9.73. The van der Waals surface area contributed by atoms with Crippen molar-refractivity contribution in [3.05, 3.63) is 24.3 Å². The summed E-state index contributed by atoms with van der Waals surface area (Å²) in [6.45, 7) is 2.11. The van der Waals surface area contributed by atoms with Gasteiger partial charge in [0.15, 0.2) is 0 Å². The SMILES string of the molecule is CCSc1ccccc1NC(=O)C1CSCN1. The first kappa shape index (κ1) is 12.8. The highest BCUT2D eigenvalue weighted by atomic mass is 32.2. The standard InChI is InChI=1S/C12H16N2OS2/c1-2-17-11-6-4-3-5-9(11)14-12(15)10-7-16-8-13-10/h3-6,10,13H,2,7-8H2,1H3,(H,14,15). The molecule has 0 aromatic heterocycles. The van der Waals surface area contributed by atoms with Gasteiger partial charge in [0.05, 0.1) is 11.7 Å². The van der Waals surface area contributed by atoms with Gasteiger partial charge in [-0.05, 0) is 17.9 Å². The van der Waals surface area contributed by atoms with Gasteiger partial charge in [0.1, 0.15) is 0 Å². The molecule has 1 aliphatic rings. The third-order valence-corrected chi connectivity index (χ3v) is 4.37. The lowest BCUT2D eigenvalue weighted by Gasteiger charge is -2.13. The second-order valence-corrected chi connectivity index (χ2v) is 6.03. The molecule has 1 aliphatic heterocycles. The van der Waals surface area contributed by atoms with Crippen LogP contribution in [0.2, 0.25) is 0 Å². The van der Waals surface area contributed by atoms with E-state index in [4.69, 9.17) is 0 Å². The molecule has 0 radical (unpaired) electrons. The molecule has 0 aliphatic carbocycles. The average molecular weight is 268 g/mol. The van der Waals surface area contributed by atoms with E-state index >= 15 is 0 Å². The van der Waals surface area contributed by atoms with Crippen molar-refractivity contribution in [2.24, 2.45) is 0 Å². The normalized spacial score (nSPS) is 19.2. The highest BCUT2D eigenvalue weighted by Crippen LogP contribution is 2.27. The molecule has 2 N–H and O–H groups in total. The molecule has 1 saturated heterocycles. The molecule has 1 unspecified atom stereocenters. The van der Waals surface area contributed by atoms with Crippen molar-refractivity contribution in [2.75, 3.05) is 22.7 Å². The van der Waals surface area contributed by atoms with Crippen molar-refractivity contribution in [1.82, 2.24) is 5.32 Å². The van der Waals surface area contributed by atoms with Gasteiger partial charge in [0.2, 0.25) is 5.91 Å². The summed E-state index contributed by atoms with van der Waals surface area (Å²) in [5.74, 6) is 2.79. The summed E-state index contributed by atoms with van der Waals surface area (Å²) in [6.07, 6.45) is 0. The summed E-state index contributed by atoms with van der Waals surface area (Å²) in [4.78, 5) is 13.1. The van der Waals surface area contributed by atoms with Gasteiger partial charge < -0.3 is 5.32 Å². The van der Waals surface area contributed by atoms with Gasteiger partial charge in [-0.2, -0.15) is 0 Å². The Morgan fingerprint density at radius 3 is 3.12 bits per heavy atom. The highest BCUT2D eigenvalue weighted by Gasteiger charge is 2.22. The molecule has 1 atom stereocenters. The Balaban J connectivity index is 2.04. The van der Waals surface area contributed by atoms with E-state index in [-0.39, 0.29) is 11.9 Å². The van der Waals surface area contributed by atoms with Crippen molar-refractivity contribution in [3.63, 3.8) is 0 Å². The maximum absolute atomic E-state index is 12.0. The number of para-hydroxylation sites is 1. The fraction of sp³-hybridized carbons (Fsp3) is 0.417. The van der Waals surface area contributed by atoms with Crippen LogP contribution in [0.5, 0.6) is 0 Å². The van der Waals surface area contributed by atoms with Gasteiger partial charge in [0, 0.05) is 16.5 Å². The molecule has 1 aromatic rings. The summed E-state index contributed by atoms with van der Waals surface area (Å²) in [5, 5.41) is 6.17. The molecule has 0 spiro atoms. The molecule has 17 heavy (non-hydrogen) atoms. The molecule has 92 valence electrons. The zero-order valence-corrected chi connectivity index (χ0v) is 11.4. The second kappa shape index (κ2) is 6.33. The van der Waals surface area contributed by atoms with Crippen molar-refractivity contribution >= 4 is 35.1 Å². The average Bonchev–Trinajstić information content (AvgIpc) is 2.85. The molecule has 0 bridgehead atoms. The lowest BCUT2D eigenvalue weighted by atomic mass is 10.2. The summed E-state index contributed by atoms with van der Waals surface area (Å²) in [5.41, 5.74) is 0.919. The number of thioether (sulfide) groups is 2. The van der Waals surface area contributed by atoms with Crippen LogP contribution in [0.4, 0.5) is 5.69 Å². The second-order valence-electron chi connectivity index (χ2n) is 3.69. The number of hydrogen-bond donors (Lipinski definition) is 2. The van der Waals surface area contributed by atoms with Gasteiger partial charge in [-0.15, -0.1) is 23.5 Å². The zero-order chi connectivity index (χ0) is 12.1. The van der Waals surface area contributed by atoms with E-state index in [1.165, 1.54) is 0 Å². The van der Waals surface area contributed by atoms with Crippen molar-refractivity contribution in [2.45, 2.75) is 17.9 Å². The molecule has 2 rings (SSSR count). The maximum atomic E-state index is 12.0. The van der Waals surface area contributed by atoms with Crippen LogP contribution in [0, 0.1) is 0 Å². The summed E-state index contributed by atoms with van der Waals surface area (Å²) >= 11 is 3.50. The first-order chi connectivity index (χ1) is 8.31. The van der Waals surface area contributed by atoms with Crippen LogP contribution in [-0.4, -0.2) is 29.3 Å². The summed E-state index contributed by atoms with van der Waals surface area (Å²) in [6, 6.07) is 7.89. The van der Waals surface area contributed by atoms with E-state index in [2.05, 4.69) is 17.6 Å². The summed E-state index contributed by atoms with van der Waals surface area (Å²) in [7, 11) is 0. The minimum atomic E-state index is -0.0558. The number of rotatable bonds is 4. The van der Waals surface area contributed by atoms with Gasteiger partial charge in [0.25, 0.3) is 0 Å². The Morgan fingerprint density at radius 2 is 2.41 bits per heavy atom. The third-order valence-electron chi connectivity index (χ3n) is 2.48. The summed E-state index contributed by atoms with van der Waals surface area (Å²) < 4.78 is 0. The number of hydrogen-bond acceptors (Lipinski definition) is 4. The van der Waals surface area contributed by atoms with Crippen LogP contribution in [-0.2, 0) is 4.79 Å². The number of nitrogens with one attached hydrogen (secondary N) is 2.